The number of carboxylic acids is 1. The third-order valence-corrected chi connectivity index (χ3v) is 3.21. The fourth-order valence-electron chi connectivity index (χ4n) is 2.10. The zero-order valence-corrected chi connectivity index (χ0v) is 11.1. The predicted molar refractivity (Wildman–Crippen MR) is 64.3 cm³/mol. The third-order valence-electron chi connectivity index (χ3n) is 3.21. The number of piperidine rings is 1. The first-order valence-corrected chi connectivity index (χ1v) is 6.11. The second kappa shape index (κ2) is 7.08. The Kier molecular flexibility index (Phi) is 5.75. The lowest BCUT2D eigenvalue weighted by Gasteiger charge is -2.34. The van der Waals surface area contributed by atoms with Crippen molar-refractivity contribution in [3.05, 3.63) is 0 Å². The average molecular weight is 273 g/mol. The van der Waals surface area contributed by atoms with Gasteiger partial charge < -0.3 is 19.5 Å². The molecule has 0 aromatic rings. The Labute approximate surface area is 111 Å². The van der Waals surface area contributed by atoms with Gasteiger partial charge in [0.1, 0.15) is 6.61 Å². The Bertz CT molecular complexity index is 356. The van der Waals surface area contributed by atoms with Crippen LogP contribution in [0.3, 0.4) is 0 Å². The third kappa shape index (κ3) is 4.20. The largest absolute Gasteiger partial charge is 0.481 e. The van der Waals surface area contributed by atoms with Gasteiger partial charge >= 0.3 is 11.9 Å². The lowest BCUT2D eigenvalue weighted by atomic mass is 9.85. The second-order valence-electron chi connectivity index (χ2n) is 4.47. The molecule has 1 aliphatic heterocycles. The van der Waals surface area contributed by atoms with Crippen molar-refractivity contribution in [1.29, 1.82) is 0 Å². The summed E-state index contributed by atoms with van der Waals surface area (Å²) in [6, 6.07) is 0. The monoisotopic (exact) mass is 273 g/mol. The Morgan fingerprint density at radius 3 is 2.47 bits per heavy atom. The van der Waals surface area contributed by atoms with Crippen molar-refractivity contribution in [1.82, 2.24) is 4.90 Å². The summed E-state index contributed by atoms with van der Waals surface area (Å²) in [7, 11) is 1.49. The molecule has 7 heteroatoms. The van der Waals surface area contributed by atoms with E-state index in [0.717, 1.165) is 0 Å². The van der Waals surface area contributed by atoms with Crippen LogP contribution in [0.25, 0.3) is 0 Å². The normalized spacial score (nSPS) is 22.9. The molecule has 19 heavy (non-hydrogen) atoms. The molecule has 1 aliphatic rings. The molecular weight excluding hydrogens is 254 g/mol. The molecule has 7 nitrogen and oxygen atoms in total. The number of carbonyl (C=O) groups excluding carboxylic acids is 2. The first-order chi connectivity index (χ1) is 8.97. The van der Waals surface area contributed by atoms with Crippen LogP contribution < -0.4 is 0 Å². The van der Waals surface area contributed by atoms with Crippen molar-refractivity contribution < 1.29 is 29.0 Å². The van der Waals surface area contributed by atoms with Crippen LogP contribution >= 0.6 is 0 Å². The van der Waals surface area contributed by atoms with E-state index >= 15 is 0 Å². The van der Waals surface area contributed by atoms with Gasteiger partial charge in [0.05, 0.1) is 18.4 Å². The van der Waals surface area contributed by atoms with E-state index in [4.69, 9.17) is 14.6 Å². The number of carbonyl (C=O) groups is 3. The number of hydrogen-bond acceptors (Lipinski definition) is 5. The molecule has 1 fully saturated rings. The Morgan fingerprint density at radius 1 is 1.26 bits per heavy atom. The van der Waals surface area contributed by atoms with E-state index in [-0.39, 0.29) is 25.7 Å². The minimum absolute atomic E-state index is 0.0503. The molecule has 2 unspecified atom stereocenters. The molecule has 0 radical (unpaired) electrons. The van der Waals surface area contributed by atoms with Gasteiger partial charge in [0.25, 0.3) is 0 Å². The standard InChI is InChI=1S/C12H19NO6/c1-8(14)13-4-3-9(10(7-13)11(15)16)12(17)19-6-5-18-2/h9-10H,3-7H2,1-2H3,(H,15,16). The first-order valence-electron chi connectivity index (χ1n) is 6.11. The molecule has 1 saturated heterocycles. The van der Waals surface area contributed by atoms with Crippen molar-refractivity contribution in [2.75, 3.05) is 33.4 Å². The fraction of sp³-hybridized carbons (Fsp3) is 0.750. The molecule has 0 aliphatic carbocycles. The summed E-state index contributed by atoms with van der Waals surface area (Å²) in [6.07, 6.45) is 0.308. The van der Waals surface area contributed by atoms with E-state index in [1.807, 2.05) is 0 Å². The zero-order valence-electron chi connectivity index (χ0n) is 11.1. The maximum Gasteiger partial charge on any atom is 0.310 e. The highest BCUT2D eigenvalue weighted by Crippen LogP contribution is 2.25. The number of likely N-dealkylation sites (tertiary alicyclic amines) is 1. The van der Waals surface area contributed by atoms with Gasteiger partial charge in [-0.2, -0.15) is 0 Å². The van der Waals surface area contributed by atoms with Crippen LogP contribution in [0, 0.1) is 11.8 Å². The van der Waals surface area contributed by atoms with Crippen LogP contribution in [-0.2, 0) is 23.9 Å². The maximum atomic E-state index is 11.8. The van der Waals surface area contributed by atoms with Gasteiger partial charge in [-0.25, -0.2) is 0 Å². The Hall–Kier alpha value is -1.63. The highest BCUT2D eigenvalue weighted by atomic mass is 16.6. The molecule has 0 spiro atoms. The quantitative estimate of drug-likeness (QED) is 0.548. The summed E-state index contributed by atoms with van der Waals surface area (Å²) >= 11 is 0. The number of carboxylic acid groups (broad SMARTS) is 1. The summed E-state index contributed by atoms with van der Waals surface area (Å²) < 4.78 is 9.72. The zero-order chi connectivity index (χ0) is 14.4. The van der Waals surface area contributed by atoms with E-state index in [1.54, 1.807) is 0 Å². The molecule has 1 heterocycles. The summed E-state index contributed by atoms with van der Waals surface area (Å²) in [6.45, 7) is 2.19. The number of ether oxygens (including phenoxy) is 2. The molecule has 2 atom stereocenters. The number of rotatable bonds is 5. The molecule has 0 bridgehead atoms. The number of nitrogens with zero attached hydrogens (tertiary/aromatic N) is 1. The lowest BCUT2D eigenvalue weighted by molar-refractivity contribution is -0.163. The second-order valence-corrected chi connectivity index (χ2v) is 4.47. The van der Waals surface area contributed by atoms with E-state index < -0.39 is 23.8 Å². The average Bonchev–Trinajstić information content (AvgIpc) is 2.38. The summed E-state index contributed by atoms with van der Waals surface area (Å²) in [5.74, 6) is -3.41. The van der Waals surface area contributed by atoms with Crippen LogP contribution in [0.4, 0.5) is 0 Å². The molecule has 0 aromatic carbocycles. The van der Waals surface area contributed by atoms with Gasteiger partial charge in [-0.15, -0.1) is 0 Å². The van der Waals surface area contributed by atoms with Gasteiger partial charge in [0.2, 0.25) is 5.91 Å². The first kappa shape index (κ1) is 15.4. The van der Waals surface area contributed by atoms with Crippen LogP contribution in [-0.4, -0.2) is 61.3 Å². The van der Waals surface area contributed by atoms with Gasteiger partial charge in [-0.05, 0) is 6.42 Å². The van der Waals surface area contributed by atoms with Crippen molar-refractivity contribution in [2.45, 2.75) is 13.3 Å². The van der Waals surface area contributed by atoms with Gasteiger partial charge in [0, 0.05) is 27.1 Å². The van der Waals surface area contributed by atoms with Crippen LogP contribution in [0.2, 0.25) is 0 Å². The number of amides is 1. The molecule has 1 N–H and O–H groups in total. The summed E-state index contributed by atoms with van der Waals surface area (Å²) in [4.78, 5) is 35.7. The van der Waals surface area contributed by atoms with E-state index in [1.165, 1.54) is 18.9 Å². The van der Waals surface area contributed by atoms with Crippen LogP contribution in [0.1, 0.15) is 13.3 Å². The van der Waals surface area contributed by atoms with Gasteiger partial charge in [-0.3, -0.25) is 14.4 Å². The number of hydrogen-bond donors (Lipinski definition) is 1. The SMILES string of the molecule is COCCOC(=O)C1CCN(C(C)=O)CC1C(=O)O. The fourth-order valence-corrected chi connectivity index (χ4v) is 2.10. The Morgan fingerprint density at radius 2 is 1.95 bits per heavy atom. The Balaban J connectivity index is 2.63. The molecular formula is C12H19NO6. The highest BCUT2D eigenvalue weighted by Gasteiger charge is 2.40. The topological polar surface area (TPSA) is 93.1 Å². The van der Waals surface area contributed by atoms with Crippen molar-refractivity contribution in [3.63, 3.8) is 0 Å². The minimum Gasteiger partial charge on any atom is -0.481 e. The van der Waals surface area contributed by atoms with Crippen molar-refractivity contribution in [3.8, 4) is 0 Å². The van der Waals surface area contributed by atoms with Crippen molar-refractivity contribution >= 4 is 17.8 Å². The minimum atomic E-state index is -1.08. The lowest BCUT2D eigenvalue weighted by Crippen LogP contribution is -2.48. The van der Waals surface area contributed by atoms with Crippen LogP contribution in [0.5, 0.6) is 0 Å². The van der Waals surface area contributed by atoms with E-state index in [0.29, 0.717) is 13.0 Å². The molecule has 1 amide bonds. The van der Waals surface area contributed by atoms with E-state index in [9.17, 15) is 14.4 Å². The van der Waals surface area contributed by atoms with E-state index in [2.05, 4.69) is 0 Å². The molecule has 108 valence electrons. The van der Waals surface area contributed by atoms with Gasteiger partial charge in [0.15, 0.2) is 0 Å². The van der Waals surface area contributed by atoms with Crippen molar-refractivity contribution in [2.24, 2.45) is 11.8 Å². The van der Waals surface area contributed by atoms with Gasteiger partial charge in [-0.1, -0.05) is 0 Å². The highest BCUT2D eigenvalue weighted by molar-refractivity contribution is 5.83. The predicted octanol–water partition coefficient (Wildman–Crippen LogP) is -0.255. The molecule has 1 rings (SSSR count). The smallest absolute Gasteiger partial charge is 0.310 e. The number of methoxy groups -OCH3 is 1. The maximum absolute atomic E-state index is 11.8. The molecule has 0 saturated carbocycles. The summed E-state index contributed by atoms with van der Waals surface area (Å²) in [5.41, 5.74) is 0. The molecule has 0 aromatic heterocycles. The number of aliphatic carboxylic acids is 1. The van der Waals surface area contributed by atoms with Crippen LogP contribution in [0.15, 0.2) is 0 Å². The summed E-state index contributed by atoms with van der Waals surface area (Å²) in [5, 5.41) is 9.16. The number of esters is 1.